The number of hydrogen-bond donors (Lipinski definition) is 1. The molecule has 140 valence electrons. The lowest BCUT2D eigenvalue weighted by atomic mass is 10.1. The maximum absolute atomic E-state index is 6.41. The molecule has 0 saturated carbocycles. The van der Waals surface area contributed by atoms with Gasteiger partial charge < -0.3 is 10.1 Å². The fourth-order valence-corrected chi connectivity index (χ4v) is 3.49. The molecule has 0 radical (unpaired) electrons. The first-order valence-corrected chi connectivity index (χ1v) is 9.72. The van der Waals surface area contributed by atoms with Gasteiger partial charge >= 0.3 is 0 Å². The van der Waals surface area contributed by atoms with Crippen LogP contribution in [0, 0.1) is 13.8 Å². The summed E-state index contributed by atoms with van der Waals surface area (Å²) in [7, 11) is 0. The molecule has 0 aliphatic carbocycles. The van der Waals surface area contributed by atoms with Crippen LogP contribution in [0.1, 0.15) is 22.3 Å². The van der Waals surface area contributed by atoms with E-state index in [1.165, 1.54) is 5.56 Å². The van der Waals surface area contributed by atoms with Gasteiger partial charge in [-0.3, -0.25) is 0 Å². The zero-order valence-electron chi connectivity index (χ0n) is 15.2. The summed E-state index contributed by atoms with van der Waals surface area (Å²) in [5.74, 6) is 0.501. The molecule has 0 aliphatic rings. The Morgan fingerprint density at radius 3 is 2.15 bits per heavy atom. The standard InChI is InChI=1S/C22H20Cl3NO/c1-14-3-6-16(7-4-14)13-27-22-19(24)9-17(10-20(22)25)12-26-21-11-18(23)8-5-15(21)2/h3-11,26H,12-13H2,1-2H3. The molecule has 1 N–H and O–H groups in total. The lowest BCUT2D eigenvalue weighted by Crippen LogP contribution is -2.02. The van der Waals surface area contributed by atoms with Gasteiger partial charge in [0.05, 0.1) is 10.0 Å². The second kappa shape index (κ2) is 8.88. The first-order valence-electron chi connectivity index (χ1n) is 8.58. The summed E-state index contributed by atoms with van der Waals surface area (Å²) in [6.45, 7) is 5.08. The molecule has 3 rings (SSSR count). The number of halogens is 3. The highest BCUT2D eigenvalue weighted by molar-refractivity contribution is 6.37. The number of benzene rings is 3. The topological polar surface area (TPSA) is 21.3 Å². The maximum atomic E-state index is 6.41. The highest BCUT2D eigenvalue weighted by Gasteiger charge is 2.11. The van der Waals surface area contributed by atoms with E-state index in [0.29, 0.717) is 34.0 Å². The van der Waals surface area contributed by atoms with Crippen molar-refractivity contribution >= 4 is 40.5 Å². The van der Waals surface area contributed by atoms with Crippen molar-refractivity contribution in [2.45, 2.75) is 27.0 Å². The third-order valence-corrected chi connectivity index (χ3v) is 5.04. The average molecular weight is 421 g/mol. The molecule has 0 saturated heterocycles. The van der Waals surface area contributed by atoms with Crippen molar-refractivity contribution in [2.24, 2.45) is 0 Å². The average Bonchev–Trinajstić information content (AvgIpc) is 2.63. The van der Waals surface area contributed by atoms with Crippen LogP contribution in [0.2, 0.25) is 15.1 Å². The molecular weight excluding hydrogens is 401 g/mol. The van der Waals surface area contributed by atoms with Gasteiger partial charge in [0, 0.05) is 17.3 Å². The Kier molecular flexibility index (Phi) is 6.54. The maximum Gasteiger partial charge on any atom is 0.156 e. The molecule has 2 nitrogen and oxygen atoms in total. The van der Waals surface area contributed by atoms with Gasteiger partial charge in [0.1, 0.15) is 6.61 Å². The molecular formula is C22H20Cl3NO. The highest BCUT2D eigenvalue weighted by Crippen LogP contribution is 2.35. The van der Waals surface area contributed by atoms with Gasteiger partial charge in [0.25, 0.3) is 0 Å². The van der Waals surface area contributed by atoms with E-state index in [2.05, 4.69) is 24.4 Å². The van der Waals surface area contributed by atoms with Gasteiger partial charge in [0.2, 0.25) is 0 Å². The van der Waals surface area contributed by atoms with Crippen molar-refractivity contribution in [3.05, 3.63) is 91.9 Å². The largest absolute Gasteiger partial charge is 0.486 e. The van der Waals surface area contributed by atoms with Gasteiger partial charge in [-0.05, 0) is 54.8 Å². The Labute approximate surface area is 175 Å². The van der Waals surface area contributed by atoms with E-state index < -0.39 is 0 Å². The Hall–Kier alpha value is -1.87. The Bertz CT molecular complexity index is 916. The molecule has 3 aromatic carbocycles. The second-order valence-corrected chi connectivity index (χ2v) is 7.73. The minimum Gasteiger partial charge on any atom is -0.486 e. The van der Waals surface area contributed by atoms with E-state index in [-0.39, 0.29) is 0 Å². The summed E-state index contributed by atoms with van der Waals surface area (Å²) < 4.78 is 5.84. The molecule has 0 spiro atoms. The van der Waals surface area contributed by atoms with E-state index >= 15 is 0 Å². The molecule has 0 amide bonds. The summed E-state index contributed by atoms with van der Waals surface area (Å²) in [6.07, 6.45) is 0. The van der Waals surface area contributed by atoms with E-state index in [9.17, 15) is 0 Å². The van der Waals surface area contributed by atoms with Crippen LogP contribution < -0.4 is 10.1 Å². The van der Waals surface area contributed by atoms with Crippen molar-refractivity contribution in [3.8, 4) is 5.75 Å². The number of hydrogen-bond acceptors (Lipinski definition) is 2. The monoisotopic (exact) mass is 419 g/mol. The molecule has 0 unspecified atom stereocenters. The van der Waals surface area contributed by atoms with Crippen LogP contribution in [0.25, 0.3) is 0 Å². The fourth-order valence-electron chi connectivity index (χ4n) is 2.67. The van der Waals surface area contributed by atoms with Crippen LogP contribution in [-0.2, 0) is 13.2 Å². The fraction of sp³-hybridized carbons (Fsp3) is 0.182. The van der Waals surface area contributed by atoms with Crippen LogP contribution in [0.5, 0.6) is 5.75 Å². The SMILES string of the molecule is Cc1ccc(COc2c(Cl)cc(CNc3cc(Cl)ccc3C)cc2Cl)cc1. The predicted molar refractivity (Wildman–Crippen MR) is 115 cm³/mol. The lowest BCUT2D eigenvalue weighted by molar-refractivity contribution is 0.306. The normalized spacial score (nSPS) is 10.7. The second-order valence-electron chi connectivity index (χ2n) is 6.48. The van der Waals surface area contributed by atoms with Crippen LogP contribution in [-0.4, -0.2) is 0 Å². The minimum absolute atomic E-state index is 0.416. The van der Waals surface area contributed by atoms with E-state index in [1.807, 2.05) is 49.4 Å². The van der Waals surface area contributed by atoms with Crippen molar-refractivity contribution < 1.29 is 4.74 Å². The van der Waals surface area contributed by atoms with Gasteiger partial charge in [-0.25, -0.2) is 0 Å². The van der Waals surface area contributed by atoms with Crippen molar-refractivity contribution in [1.82, 2.24) is 0 Å². The molecule has 0 fully saturated rings. The highest BCUT2D eigenvalue weighted by atomic mass is 35.5. The third kappa shape index (κ3) is 5.32. The summed E-state index contributed by atoms with van der Waals surface area (Å²) in [4.78, 5) is 0. The van der Waals surface area contributed by atoms with Gasteiger partial charge in [-0.15, -0.1) is 0 Å². The van der Waals surface area contributed by atoms with Crippen molar-refractivity contribution in [3.63, 3.8) is 0 Å². The van der Waals surface area contributed by atoms with Crippen LogP contribution >= 0.6 is 34.8 Å². The molecule has 0 aliphatic heterocycles. The van der Waals surface area contributed by atoms with E-state index in [0.717, 1.165) is 22.4 Å². The summed E-state index contributed by atoms with van der Waals surface area (Å²) >= 11 is 18.9. The van der Waals surface area contributed by atoms with Crippen LogP contribution in [0.3, 0.4) is 0 Å². The number of aryl methyl sites for hydroxylation is 2. The number of anilines is 1. The molecule has 5 heteroatoms. The molecule has 3 aromatic rings. The van der Waals surface area contributed by atoms with Gasteiger partial charge in [-0.2, -0.15) is 0 Å². The molecule has 27 heavy (non-hydrogen) atoms. The summed E-state index contributed by atoms with van der Waals surface area (Å²) in [5, 5.41) is 5.05. The molecule has 0 heterocycles. The number of ether oxygens (including phenoxy) is 1. The van der Waals surface area contributed by atoms with Crippen LogP contribution in [0.15, 0.2) is 54.6 Å². The third-order valence-electron chi connectivity index (χ3n) is 4.24. The zero-order valence-corrected chi connectivity index (χ0v) is 17.4. The Morgan fingerprint density at radius 1 is 0.815 bits per heavy atom. The quantitative estimate of drug-likeness (QED) is 0.447. The summed E-state index contributed by atoms with van der Waals surface area (Å²) in [6, 6.07) is 17.6. The van der Waals surface area contributed by atoms with Gasteiger partial charge in [-0.1, -0.05) is 70.7 Å². The Balaban J connectivity index is 1.68. The van der Waals surface area contributed by atoms with E-state index in [1.54, 1.807) is 0 Å². The zero-order chi connectivity index (χ0) is 19.4. The molecule has 0 aromatic heterocycles. The van der Waals surface area contributed by atoms with E-state index in [4.69, 9.17) is 39.5 Å². The smallest absolute Gasteiger partial charge is 0.156 e. The number of nitrogens with one attached hydrogen (secondary N) is 1. The van der Waals surface area contributed by atoms with Crippen LogP contribution in [0.4, 0.5) is 5.69 Å². The summed E-state index contributed by atoms with van der Waals surface area (Å²) in [5.41, 5.74) is 5.34. The predicted octanol–water partition coefficient (Wildman–Crippen LogP) is 7.45. The number of rotatable bonds is 6. The first kappa shape index (κ1) is 19.9. The minimum atomic E-state index is 0.416. The molecule has 0 bridgehead atoms. The Morgan fingerprint density at radius 2 is 1.48 bits per heavy atom. The molecule has 0 atom stereocenters. The lowest BCUT2D eigenvalue weighted by Gasteiger charge is -2.14. The first-order chi connectivity index (χ1) is 12.9. The van der Waals surface area contributed by atoms with Crippen molar-refractivity contribution in [1.29, 1.82) is 0 Å². The van der Waals surface area contributed by atoms with Gasteiger partial charge in [0.15, 0.2) is 5.75 Å². The van der Waals surface area contributed by atoms with Crippen molar-refractivity contribution in [2.75, 3.05) is 5.32 Å².